The number of aromatic nitrogens is 1. The van der Waals surface area contributed by atoms with Gasteiger partial charge < -0.3 is 14.1 Å². The predicted molar refractivity (Wildman–Crippen MR) is 103 cm³/mol. The highest BCUT2D eigenvalue weighted by molar-refractivity contribution is 5.94. The SMILES string of the molecule is O=C(OCC(=O)N1CCN(Cc2ccccc2)CC1)c1ccc2ncoc2c1. The number of carbonyl (C=O) groups is 2. The van der Waals surface area contributed by atoms with Gasteiger partial charge >= 0.3 is 5.97 Å². The van der Waals surface area contributed by atoms with Crippen LogP contribution in [0.4, 0.5) is 0 Å². The van der Waals surface area contributed by atoms with Crippen molar-refractivity contribution in [2.24, 2.45) is 0 Å². The van der Waals surface area contributed by atoms with E-state index in [-0.39, 0.29) is 12.5 Å². The van der Waals surface area contributed by atoms with E-state index in [1.165, 1.54) is 12.0 Å². The van der Waals surface area contributed by atoms with Gasteiger partial charge in [-0.2, -0.15) is 0 Å². The minimum atomic E-state index is -0.547. The summed E-state index contributed by atoms with van der Waals surface area (Å²) in [7, 11) is 0. The second-order valence-corrected chi connectivity index (χ2v) is 6.75. The largest absolute Gasteiger partial charge is 0.452 e. The van der Waals surface area contributed by atoms with E-state index in [0.717, 1.165) is 19.6 Å². The van der Waals surface area contributed by atoms with Gasteiger partial charge in [0.15, 0.2) is 18.6 Å². The number of nitrogens with zero attached hydrogens (tertiary/aromatic N) is 3. The van der Waals surface area contributed by atoms with Gasteiger partial charge in [0.1, 0.15) is 5.52 Å². The summed E-state index contributed by atoms with van der Waals surface area (Å²) in [6.07, 6.45) is 1.32. The number of fused-ring (bicyclic) bond motifs is 1. The second kappa shape index (κ2) is 8.22. The molecule has 7 heteroatoms. The number of benzene rings is 2. The van der Waals surface area contributed by atoms with E-state index in [9.17, 15) is 9.59 Å². The van der Waals surface area contributed by atoms with Gasteiger partial charge in [-0.1, -0.05) is 30.3 Å². The van der Waals surface area contributed by atoms with E-state index in [1.807, 2.05) is 18.2 Å². The fourth-order valence-corrected chi connectivity index (χ4v) is 3.28. The zero-order chi connectivity index (χ0) is 19.3. The van der Waals surface area contributed by atoms with Gasteiger partial charge in [-0.05, 0) is 23.8 Å². The van der Waals surface area contributed by atoms with Gasteiger partial charge in [0.25, 0.3) is 5.91 Å². The zero-order valence-electron chi connectivity index (χ0n) is 15.4. The second-order valence-electron chi connectivity index (χ2n) is 6.75. The molecule has 1 saturated heterocycles. The lowest BCUT2D eigenvalue weighted by Crippen LogP contribution is -2.49. The van der Waals surface area contributed by atoms with Crippen LogP contribution in [-0.4, -0.2) is 59.4 Å². The van der Waals surface area contributed by atoms with Gasteiger partial charge in [-0.3, -0.25) is 9.69 Å². The molecular formula is C21H21N3O4. The maximum Gasteiger partial charge on any atom is 0.338 e. The summed E-state index contributed by atoms with van der Waals surface area (Å²) in [4.78, 5) is 32.6. The average Bonchev–Trinajstić information content (AvgIpc) is 3.21. The summed E-state index contributed by atoms with van der Waals surface area (Å²) >= 11 is 0. The molecule has 0 N–H and O–H groups in total. The van der Waals surface area contributed by atoms with Crippen molar-refractivity contribution in [2.75, 3.05) is 32.8 Å². The monoisotopic (exact) mass is 379 g/mol. The van der Waals surface area contributed by atoms with Crippen molar-refractivity contribution in [1.29, 1.82) is 0 Å². The Balaban J connectivity index is 1.24. The van der Waals surface area contributed by atoms with Gasteiger partial charge in [-0.15, -0.1) is 0 Å². The molecule has 28 heavy (non-hydrogen) atoms. The van der Waals surface area contributed by atoms with Crippen LogP contribution in [0.5, 0.6) is 0 Å². The molecule has 1 fully saturated rings. The predicted octanol–water partition coefficient (Wildman–Crippen LogP) is 2.33. The number of rotatable bonds is 5. The quantitative estimate of drug-likeness (QED) is 0.634. The van der Waals surface area contributed by atoms with Crippen molar-refractivity contribution < 1.29 is 18.7 Å². The summed E-state index contributed by atoms with van der Waals surface area (Å²) in [5.41, 5.74) is 2.78. The van der Waals surface area contributed by atoms with E-state index in [2.05, 4.69) is 22.0 Å². The van der Waals surface area contributed by atoms with Crippen LogP contribution in [0.3, 0.4) is 0 Å². The molecule has 1 aromatic heterocycles. The fraction of sp³-hybridized carbons (Fsp3) is 0.286. The third-order valence-corrected chi connectivity index (χ3v) is 4.87. The molecular weight excluding hydrogens is 358 g/mol. The average molecular weight is 379 g/mol. The number of esters is 1. The first kappa shape index (κ1) is 18.2. The first-order valence-corrected chi connectivity index (χ1v) is 9.23. The maximum atomic E-state index is 12.4. The van der Waals surface area contributed by atoms with E-state index in [0.29, 0.717) is 29.8 Å². The van der Waals surface area contributed by atoms with Crippen LogP contribution in [0.1, 0.15) is 15.9 Å². The first-order valence-electron chi connectivity index (χ1n) is 9.23. The Bertz CT molecular complexity index is 962. The van der Waals surface area contributed by atoms with Crippen LogP contribution in [0.2, 0.25) is 0 Å². The van der Waals surface area contributed by atoms with Gasteiger partial charge in [-0.25, -0.2) is 9.78 Å². The lowest BCUT2D eigenvalue weighted by atomic mass is 10.2. The maximum absolute atomic E-state index is 12.4. The highest BCUT2D eigenvalue weighted by Gasteiger charge is 2.22. The smallest absolute Gasteiger partial charge is 0.338 e. The highest BCUT2D eigenvalue weighted by Crippen LogP contribution is 2.15. The summed E-state index contributed by atoms with van der Waals surface area (Å²) < 4.78 is 10.4. The van der Waals surface area contributed by atoms with Crippen molar-refractivity contribution in [3.05, 3.63) is 66.1 Å². The lowest BCUT2D eigenvalue weighted by Gasteiger charge is -2.34. The van der Waals surface area contributed by atoms with Crippen LogP contribution >= 0.6 is 0 Å². The van der Waals surface area contributed by atoms with Gasteiger partial charge in [0.05, 0.1) is 5.56 Å². The third kappa shape index (κ3) is 4.20. The van der Waals surface area contributed by atoms with Crippen molar-refractivity contribution >= 4 is 23.0 Å². The molecule has 2 heterocycles. The number of hydrogen-bond acceptors (Lipinski definition) is 6. The summed E-state index contributed by atoms with van der Waals surface area (Å²) in [5.74, 6) is -0.720. The number of amides is 1. The summed E-state index contributed by atoms with van der Waals surface area (Å²) in [6.45, 7) is 3.49. The topological polar surface area (TPSA) is 75.9 Å². The molecule has 7 nitrogen and oxygen atoms in total. The number of carbonyl (C=O) groups excluding carboxylic acids is 2. The molecule has 0 radical (unpaired) electrons. The fourth-order valence-electron chi connectivity index (χ4n) is 3.28. The molecule has 3 aromatic rings. The molecule has 0 spiro atoms. The molecule has 0 unspecified atom stereocenters. The van der Waals surface area contributed by atoms with E-state index < -0.39 is 5.97 Å². The van der Waals surface area contributed by atoms with E-state index in [4.69, 9.17) is 9.15 Å². The van der Waals surface area contributed by atoms with Crippen molar-refractivity contribution in [3.63, 3.8) is 0 Å². The molecule has 1 aliphatic rings. The van der Waals surface area contributed by atoms with Gasteiger partial charge in [0, 0.05) is 32.7 Å². The minimum Gasteiger partial charge on any atom is -0.452 e. The summed E-state index contributed by atoms with van der Waals surface area (Å²) in [5, 5.41) is 0. The van der Waals surface area contributed by atoms with Crippen LogP contribution in [0, 0.1) is 0 Å². The standard InChI is InChI=1S/C21H21N3O4/c25-20(14-27-21(26)17-6-7-18-19(12-17)28-15-22-18)24-10-8-23(9-11-24)13-16-4-2-1-3-5-16/h1-7,12,15H,8-11,13-14H2. The van der Waals surface area contributed by atoms with Gasteiger partial charge in [0.2, 0.25) is 0 Å². The molecule has 144 valence electrons. The van der Waals surface area contributed by atoms with Crippen molar-refractivity contribution in [1.82, 2.24) is 14.8 Å². The van der Waals surface area contributed by atoms with E-state index >= 15 is 0 Å². The Hall–Kier alpha value is -3.19. The van der Waals surface area contributed by atoms with Crippen LogP contribution < -0.4 is 0 Å². The zero-order valence-corrected chi connectivity index (χ0v) is 15.4. The number of oxazole rings is 1. The minimum absolute atomic E-state index is 0.173. The molecule has 1 aliphatic heterocycles. The van der Waals surface area contributed by atoms with Crippen molar-refractivity contribution in [2.45, 2.75) is 6.54 Å². The first-order chi connectivity index (χ1) is 13.7. The number of hydrogen-bond donors (Lipinski definition) is 0. The Morgan fingerprint density at radius 3 is 2.61 bits per heavy atom. The number of piperazine rings is 1. The van der Waals surface area contributed by atoms with Crippen LogP contribution in [0.25, 0.3) is 11.1 Å². The molecule has 0 atom stereocenters. The summed E-state index contributed by atoms with van der Waals surface area (Å²) in [6, 6.07) is 15.1. The van der Waals surface area contributed by atoms with Crippen LogP contribution in [-0.2, 0) is 16.1 Å². The lowest BCUT2D eigenvalue weighted by molar-refractivity contribution is -0.136. The molecule has 0 saturated carbocycles. The molecule has 4 rings (SSSR count). The Kier molecular flexibility index (Phi) is 5.34. The normalized spacial score (nSPS) is 14.9. The molecule has 0 bridgehead atoms. The van der Waals surface area contributed by atoms with E-state index in [1.54, 1.807) is 23.1 Å². The molecule has 0 aliphatic carbocycles. The molecule has 2 aromatic carbocycles. The highest BCUT2D eigenvalue weighted by atomic mass is 16.5. The van der Waals surface area contributed by atoms with Crippen molar-refractivity contribution in [3.8, 4) is 0 Å². The van der Waals surface area contributed by atoms with Crippen LogP contribution in [0.15, 0.2) is 59.3 Å². The molecule has 1 amide bonds. The Morgan fingerprint density at radius 1 is 1.04 bits per heavy atom. The Labute approximate surface area is 162 Å². The third-order valence-electron chi connectivity index (χ3n) is 4.87. The Morgan fingerprint density at radius 2 is 1.82 bits per heavy atom. The number of ether oxygens (including phenoxy) is 1.